The Bertz CT molecular complexity index is 734. The van der Waals surface area contributed by atoms with Crippen molar-refractivity contribution in [2.75, 3.05) is 5.32 Å². The molecule has 0 spiro atoms. The van der Waals surface area contributed by atoms with Gasteiger partial charge >= 0.3 is 0 Å². The van der Waals surface area contributed by atoms with Gasteiger partial charge in [0.2, 0.25) is 0 Å². The highest BCUT2D eigenvalue weighted by atomic mass is 16.6. The molecule has 0 amide bonds. The van der Waals surface area contributed by atoms with E-state index in [1.807, 2.05) is 6.07 Å². The van der Waals surface area contributed by atoms with Crippen molar-refractivity contribution in [2.24, 2.45) is 10.7 Å². The van der Waals surface area contributed by atoms with Crippen LogP contribution in [-0.2, 0) is 19.4 Å². The molecule has 0 aliphatic heterocycles. The molecule has 0 saturated carbocycles. The summed E-state index contributed by atoms with van der Waals surface area (Å²) in [5.41, 5.74) is 10.2. The van der Waals surface area contributed by atoms with Crippen LogP contribution < -0.4 is 11.1 Å². The average Bonchev–Trinajstić information content (AvgIpc) is 2.60. The summed E-state index contributed by atoms with van der Waals surface area (Å²) < 4.78 is 0. The quantitative estimate of drug-likeness (QED) is 0.367. The number of rotatable bonds is 6. The number of nitro benzene ring substituents is 1. The lowest BCUT2D eigenvalue weighted by Gasteiger charge is -2.14. The van der Waals surface area contributed by atoms with Crippen LogP contribution in [0.5, 0.6) is 0 Å². The van der Waals surface area contributed by atoms with Crippen molar-refractivity contribution in [1.29, 1.82) is 0 Å². The second-order valence-electron chi connectivity index (χ2n) is 5.41. The lowest BCUT2D eigenvalue weighted by atomic mass is 10.0. The van der Waals surface area contributed by atoms with Gasteiger partial charge in [-0.05, 0) is 29.5 Å². The molecule has 0 saturated heterocycles. The lowest BCUT2D eigenvalue weighted by molar-refractivity contribution is -0.384. The van der Waals surface area contributed by atoms with Crippen LogP contribution >= 0.6 is 0 Å². The number of aliphatic imine (C=N–C) groups is 1. The molecule has 3 N–H and O–H groups in total. The van der Waals surface area contributed by atoms with Crippen LogP contribution in [0, 0.1) is 10.1 Å². The fourth-order valence-electron chi connectivity index (χ4n) is 2.52. The molecule has 0 aliphatic rings. The van der Waals surface area contributed by atoms with Crippen LogP contribution in [0.25, 0.3) is 0 Å². The zero-order valence-corrected chi connectivity index (χ0v) is 14.0. The van der Waals surface area contributed by atoms with Crippen LogP contribution in [0.1, 0.15) is 30.5 Å². The maximum Gasteiger partial charge on any atom is 0.269 e. The molecule has 2 aromatic carbocycles. The van der Waals surface area contributed by atoms with Gasteiger partial charge in [-0.3, -0.25) is 10.1 Å². The largest absolute Gasteiger partial charge is 0.370 e. The number of nitrogens with two attached hydrogens (primary N) is 1. The Morgan fingerprint density at radius 2 is 1.79 bits per heavy atom. The average molecular weight is 326 g/mol. The topological polar surface area (TPSA) is 93.5 Å². The monoisotopic (exact) mass is 326 g/mol. The number of nitrogens with one attached hydrogen (secondary N) is 1. The van der Waals surface area contributed by atoms with Gasteiger partial charge < -0.3 is 11.1 Å². The molecule has 0 unspecified atom stereocenters. The Balaban J connectivity index is 2.15. The van der Waals surface area contributed by atoms with E-state index in [0.717, 1.165) is 24.1 Å². The van der Waals surface area contributed by atoms with Gasteiger partial charge in [-0.25, -0.2) is 4.99 Å². The lowest BCUT2D eigenvalue weighted by Crippen LogP contribution is -2.24. The zero-order valence-electron chi connectivity index (χ0n) is 14.0. The summed E-state index contributed by atoms with van der Waals surface area (Å²) in [5, 5.41) is 14.0. The number of non-ortho nitro benzene ring substituents is 1. The number of hydrogen-bond donors (Lipinski definition) is 2. The minimum atomic E-state index is -0.417. The number of para-hydroxylation sites is 1. The van der Waals surface area contributed by atoms with Crippen molar-refractivity contribution in [1.82, 2.24) is 0 Å². The van der Waals surface area contributed by atoms with Gasteiger partial charge in [0.1, 0.15) is 0 Å². The third kappa shape index (κ3) is 4.32. The molecule has 6 heteroatoms. The smallest absolute Gasteiger partial charge is 0.269 e. The highest BCUT2D eigenvalue weighted by molar-refractivity contribution is 5.93. The second kappa shape index (κ2) is 8.10. The fourth-order valence-corrected chi connectivity index (χ4v) is 2.52. The van der Waals surface area contributed by atoms with E-state index in [4.69, 9.17) is 5.73 Å². The van der Waals surface area contributed by atoms with E-state index in [2.05, 4.69) is 36.3 Å². The molecule has 6 nitrogen and oxygen atoms in total. The minimum absolute atomic E-state index is 0.0545. The zero-order chi connectivity index (χ0) is 17.5. The molecule has 0 aromatic heterocycles. The van der Waals surface area contributed by atoms with E-state index < -0.39 is 4.92 Å². The normalized spacial score (nSPS) is 11.3. The number of benzene rings is 2. The standard InChI is InChI=1S/C18H22N4O2/c1-3-14-8-6-9-15(4-2)17(14)21-18(19)20-12-13-7-5-10-16(11-13)22(23)24/h5-11H,3-4,12H2,1-2H3,(H3,19,20,21). The number of anilines is 1. The SMILES string of the molecule is CCc1cccc(CC)c1NC(N)=NCc1cccc([N+](=O)[O-])c1. The number of nitro groups is 1. The van der Waals surface area contributed by atoms with Crippen molar-refractivity contribution < 1.29 is 4.92 Å². The van der Waals surface area contributed by atoms with Gasteiger partial charge in [0.25, 0.3) is 5.69 Å². The Morgan fingerprint density at radius 3 is 2.38 bits per heavy atom. The predicted molar refractivity (Wildman–Crippen MR) is 97.2 cm³/mol. The van der Waals surface area contributed by atoms with Gasteiger partial charge in [-0.2, -0.15) is 0 Å². The summed E-state index contributed by atoms with van der Waals surface area (Å²) >= 11 is 0. The third-order valence-electron chi connectivity index (χ3n) is 3.81. The minimum Gasteiger partial charge on any atom is -0.370 e. The van der Waals surface area contributed by atoms with Gasteiger partial charge in [0, 0.05) is 17.8 Å². The van der Waals surface area contributed by atoms with E-state index in [1.165, 1.54) is 23.3 Å². The molecule has 2 rings (SSSR count). The predicted octanol–water partition coefficient (Wildman–Crippen LogP) is 3.65. The summed E-state index contributed by atoms with van der Waals surface area (Å²) in [6, 6.07) is 12.6. The molecule has 0 radical (unpaired) electrons. The Kier molecular flexibility index (Phi) is 5.89. The van der Waals surface area contributed by atoms with Gasteiger partial charge in [-0.1, -0.05) is 44.2 Å². The molecule has 0 atom stereocenters. The van der Waals surface area contributed by atoms with Crippen LogP contribution in [0.4, 0.5) is 11.4 Å². The highest BCUT2D eigenvalue weighted by Crippen LogP contribution is 2.22. The first-order chi connectivity index (χ1) is 11.5. The van der Waals surface area contributed by atoms with E-state index >= 15 is 0 Å². The summed E-state index contributed by atoms with van der Waals surface area (Å²) in [7, 11) is 0. The van der Waals surface area contributed by atoms with Crippen molar-refractivity contribution in [2.45, 2.75) is 33.2 Å². The maximum atomic E-state index is 10.8. The Morgan fingerprint density at radius 1 is 1.17 bits per heavy atom. The summed E-state index contributed by atoms with van der Waals surface area (Å²) in [6.07, 6.45) is 1.79. The van der Waals surface area contributed by atoms with Gasteiger partial charge in [0.15, 0.2) is 5.96 Å². The van der Waals surface area contributed by atoms with Gasteiger partial charge in [-0.15, -0.1) is 0 Å². The molecular formula is C18H22N4O2. The van der Waals surface area contributed by atoms with E-state index in [9.17, 15) is 10.1 Å². The molecule has 0 aliphatic carbocycles. The number of hydrogen-bond acceptors (Lipinski definition) is 3. The number of aryl methyl sites for hydroxylation is 2. The Hall–Kier alpha value is -2.89. The van der Waals surface area contributed by atoms with Crippen molar-refractivity contribution in [3.05, 3.63) is 69.3 Å². The fraction of sp³-hybridized carbons (Fsp3) is 0.278. The third-order valence-corrected chi connectivity index (χ3v) is 3.81. The van der Waals surface area contributed by atoms with Crippen LogP contribution in [0.3, 0.4) is 0 Å². The molecule has 24 heavy (non-hydrogen) atoms. The number of nitrogens with zero attached hydrogens (tertiary/aromatic N) is 2. The molecule has 0 fully saturated rings. The van der Waals surface area contributed by atoms with E-state index in [0.29, 0.717) is 5.96 Å². The summed E-state index contributed by atoms with van der Waals surface area (Å²) in [4.78, 5) is 14.7. The van der Waals surface area contributed by atoms with E-state index in [-0.39, 0.29) is 12.2 Å². The van der Waals surface area contributed by atoms with E-state index in [1.54, 1.807) is 12.1 Å². The first-order valence-electron chi connectivity index (χ1n) is 7.96. The molecule has 2 aromatic rings. The molecule has 0 bridgehead atoms. The van der Waals surface area contributed by atoms with Crippen LogP contribution in [0.2, 0.25) is 0 Å². The van der Waals surface area contributed by atoms with Crippen LogP contribution in [0.15, 0.2) is 47.5 Å². The number of guanidine groups is 1. The summed E-state index contributed by atoms with van der Waals surface area (Å²) in [5.74, 6) is 0.303. The first kappa shape index (κ1) is 17.5. The maximum absolute atomic E-state index is 10.8. The molecule has 126 valence electrons. The van der Waals surface area contributed by atoms with Gasteiger partial charge in [0.05, 0.1) is 11.5 Å². The molecule has 0 heterocycles. The molecular weight excluding hydrogens is 304 g/mol. The van der Waals surface area contributed by atoms with Crippen molar-refractivity contribution in [3.8, 4) is 0 Å². The second-order valence-corrected chi connectivity index (χ2v) is 5.41. The van der Waals surface area contributed by atoms with Crippen molar-refractivity contribution >= 4 is 17.3 Å². The summed E-state index contributed by atoms with van der Waals surface area (Å²) in [6.45, 7) is 4.48. The Labute approximate surface area is 141 Å². The van der Waals surface area contributed by atoms with Crippen molar-refractivity contribution in [3.63, 3.8) is 0 Å². The first-order valence-corrected chi connectivity index (χ1v) is 7.96. The van der Waals surface area contributed by atoms with Crippen LogP contribution in [-0.4, -0.2) is 10.9 Å². The highest BCUT2D eigenvalue weighted by Gasteiger charge is 2.08.